The van der Waals surface area contributed by atoms with Gasteiger partial charge < -0.3 is 14.2 Å². The molecule has 2 heterocycles. The largest absolute Gasteiger partial charge is 0.469 e. The molecule has 1 unspecified atom stereocenters. The van der Waals surface area contributed by atoms with E-state index in [9.17, 15) is 9.59 Å². The second kappa shape index (κ2) is 5.66. The van der Waals surface area contributed by atoms with E-state index < -0.39 is 5.97 Å². The van der Waals surface area contributed by atoms with Crippen LogP contribution in [0, 0.1) is 0 Å². The molecule has 0 aromatic rings. The van der Waals surface area contributed by atoms with Crippen molar-refractivity contribution in [1.29, 1.82) is 0 Å². The topological polar surface area (TPSA) is 68.4 Å². The van der Waals surface area contributed by atoms with E-state index in [1.54, 1.807) is 0 Å². The number of ketones is 1. The van der Waals surface area contributed by atoms with Crippen LogP contribution >= 0.6 is 0 Å². The van der Waals surface area contributed by atoms with E-state index in [0.717, 1.165) is 19.4 Å². The Labute approximate surface area is 119 Å². The van der Waals surface area contributed by atoms with Gasteiger partial charge in [0.05, 0.1) is 25.4 Å². The fourth-order valence-corrected chi connectivity index (χ4v) is 2.42. The zero-order chi connectivity index (χ0) is 14.8. The summed E-state index contributed by atoms with van der Waals surface area (Å²) in [6.07, 6.45) is 4.70. The number of methoxy groups -OCH3 is 1. The van der Waals surface area contributed by atoms with Gasteiger partial charge in [0.25, 0.3) is 0 Å². The van der Waals surface area contributed by atoms with Crippen LogP contribution in [0.15, 0.2) is 12.7 Å². The summed E-state index contributed by atoms with van der Waals surface area (Å²) in [6.45, 7) is 6.53. The van der Waals surface area contributed by atoms with Crippen LogP contribution in [0.1, 0.15) is 39.0 Å². The second-order valence-corrected chi connectivity index (χ2v) is 5.81. The number of epoxide rings is 2. The molecule has 0 amide bonds. The molecule has 0 aromatic carbocycles. The molecule has 20 heavy (non-hydrogen) atoms. The van der Waals surface area contributed by atoms with Crippen molar-refractivity contribution in [3.63, 3.8) is 0 Å². The lowest BCUT2D eigenvalue weighted by molar-refractivity contribution is -0.143. The molecular formula is C15H22O5. The standard InChI is InChI=1S/C15H22O5/c1-4-15(10-19-15)8-6-12-14(2,20-12)7-5-11(16)9-13(17)18-3/h4,12H,1,5-10H2,2-3H3/t12-,14-,15?/m0/s1. The summed E-state index contributed by atoms with van der Waals surface area (Å²) in [5.74, 6) is -0.576. The van der Waals surface area contributed by atoms with Crippen LogP contribution in [0.3, 0.4) is 0 Å². The quantitative estimate of drug-likeness (QED) is 0.279. The van der Waals surface area contributed by atoms with E-state index in [4.69, 9.17) is 9.47 Å². The highest BCUT2D eigenvalue weighted by Crippen LogP contribution is 2.45. The Morgan fingerprint density at radius 3 is 2.70 bits per heavy atom. The minimum Gasteiger partial charge on any atom is -0.469 e. The molecule has 5 nitrogen and oxygen atoms in total. The predicted molar refractivity (Wildman–Crippen MR) is 72.3 cm³/mol. The van der Waals surface area contributed by atoms with Crippen molar-refractivity contribution in [3.8, 4) is 0 Å². The zero-order valence-corrected chi connectivity index (χ0v) is 12.1. The number of ether oxygens (including phenoxy) is 3. The van der Waals surface area contributed by atoms with Crippen molar-refractivity contribution < 1.29 is 23.8 Å². The molecule has 112 valence electrons. The minimum atomic E-state index is -0.479. The van der Waals surface area contributed by atoms with Gasteiger partial charge in [-0.25, -0.2) is 0 Å². The molecule has 2 fully saturated rings. The van der Waals surface area contributed by atoms with Gasteiger partial charge in [0.1, 0.15) is 17.8 Å². The van der Waals surface area contributed by atoms with Gasteiger partial charge in [0.15, 0.2) is 0 Å². The SMILES string of the molecule is C=CC1(CC[C@@H]2O[C@@]2(C)CCC(=O)CC(=O)OC)CO1. The van der Waals surface area contributed by atoms with Crippen LogP contribution in [-0.2, 0) is 23.8 Å². The van der Waals surface area contributed by atoms with Gasteiger partial charge in [-0.05, 0) is 26.2 Å². The van der Waals surface area contributed by atoms with E-state index in [1.807, 2.05) is 13.0 Å². The summed E-state index contributed by atoms with van der Waals surface area (Å²) in [7, 11) is 1.28. The van der Waals surface area contributed by atoms with Gasteiger partial charge in [0.2, 0.25) is 0 Å². The fourth-order valence-electron chi connectivity index (χ4n) is 2.42. The number of carbonyl (C=O) groups excluding carboxylic acids is 2. The maximum atomic E-state index is 11.6. The molecule has 5 heteroatoms. The van der Waals surface area contributed by atoms with Gasteiger partial charge in [0, 0.05) is 6.42 Å². The first kappa shape index (κ1) is 15.2. The molecule has 0 aromatic heterocycles. The summed E-state index contributed by atoms with van der Waals surface area (Å²) in [5, 5.41) is 0. The Morgan fingerprint density at radius 2 is 2.15 bits per heavy atom. The number of hydrogen-bond acceptors (Lipinski definition) is 5. The van der Waals surface area contributed by atoms with Gasteiger partial charge in [-0.3, -0.25) is 9.59 Å². The number of carbonyl (C=O) groups is 2. The van der Waals surface area contributed by atoms with Crippen LogP contribution in [0.4, 0.5) is 0 Å². The average molecular weight is 282 g/mol. The Hall–Kier alpha value is -1.20. The van der Waals surface area contributed by atoms with Crippen molar-refractivity contribution >= 4 is 11.8 Å². The third kappa shape index (κ3) is 3.67. The van der Waals surface area contributed by atoms with Crippen LogP contribution in [0.2, 0.25) is 0 Å². The molecule has 3 atom stereocenters. The first-order valence-electron chi connectivity index (χ1n) is 6.97. The predicted octanol–water partition coefficient (Wildman–Crippen LogP) is 1.79. The van der Waals surface area contributed by atoms with E-state index >= 15 is 0 Å². The lowest BCUT2D eigenvalue weighted by atomic mass is 9.94. The highest BCUT2D eigenvalue weighted by molar-refractivity contribution is 5.95. The van der Waals surface area contributed by atoms with Crippen molar-refractivity contribution in [2.45, 2.75) is 56.3 Å². The van der Waals surface area contributed by atoms with Crippen LogP contribution in [0.25, 0.3) is 0 Å². The van der Waals surface area contributed by atoms with Crippen molar-refractivity contribution in [3.05, 3.63) is 12.7 Å². The molecule has 0 N–H and O–H groups in total. The van der Waals surface area contributed by atoms with Crippen LogP contribution in [-0.4, -0.2) is 42.8 Å². The summed E-state index contributed by atoms with van der Waals surface area (Å²) >= 11 is 0. The molecule has 0 aliphatic carbocycles. The van der Waals surface area contributed by atoms with Crippen molar-refractivity contribution in [2.75, 3.05) is 13.7 Å². The maximum absolute atomic E-state index is 11.6. The highest BCUT2D eigenvalue weighted by Gasteiger charge is 2.53. The molecular weight excluding hydrogens is 260 g/mol. The third-order valence-electron chi connectivity index (χ3n) is 4.22. The minimum absolute atomic E-state index is 0.0968. The lowest BCUT2D eigenvalue weighted by Crippen LogP contribution is -2.16. The molecule has 0 spiro atoms. The molecule has 2 saturated heterocycles. The highest BCUT2D eigenvalue weighted by atomic mass is 16.6. The number of esters is 1. The number of rotatable bonds is 9. The van der Waals surface area contributed by atoms with Gasteiger partial charge >= 0.3 is 5.97 Å². The molecule has 2 aliphatic heterocycles. The summed E-state index contributed by atoms with van der Waals surface area (Å²) < 4.78 is 15.5. The summed E-state index contributed by atoms with van der Waals surface area (Å²) in [6, 6.07) is 0. The molecule has 2 aliphatic rings. The zero-order valence-electron chi connectivity index (χ0n) is 12.1. The molecule has 0 saturated carbocycles. The fraction of sp³-hybridized carbons (Fsp3) is 0.733. The average Bonchev–Trinajstić information content (AvgIpc) is 3.32. The normalized spacial score (nSPS) is 34.4. The van der Waals surface area contributed by atoms with Gasteiger partial charge in [-0.2, -0.15) is 0 Å². The van der Waals surface area contributed by atoms with Gasteiger partial charge in [-0.15, -0.1) is 6.58 Å². The Balaban J connectivity index is 1.65. The molecule has 0 radical (unpaired) electrons. The Morgan fingerprint density at radius 1 is 1.45 bits per heavy atom. The summed E-state index contributed by atoms with van der Waals surface area (Å²) in [4.78, 5) is 22.6. The van der Waals surface area contributed by atoms with Crippen LogP contribution < -0.4 is 0 Å². The second-order valence-electron chi connectivity index (χ2n) is 5.81. The third-order valence-corrected chi connectivity index (χ3v) is 4.22. The van der Waals surface area contributed by atoms with Crippen LogP contribution in [0.5, 0.6) is 0 Å². The van der Waals surface area contributed by atoms with Gasteiger partial charge in [-0.1, -0.05) is 6.08 Å². The summed E-state index contributed by atoms with van der Waals surface area (Å²) in [5.41, 5.74) is -0.364. The Bertz CT molecular complexity index is 412. The Kier molecular flexibility index (Phi) is 4.30. The first-order valence-corrected chi connectivity index (χ1v) is 6.97. The van der Waals surface area contributed by atoms with E-state index in [2.05, 4.69) is 11.3 Å². The smallest absolute Gasteiger partial charge is 0.313 e. The van der Waals surface area contributed by atoms with E-state index in [-0.39, 0.29) is 29.5 Å². The molecule has 2 rings (SSSR count). The maximum Gasteiger partial charge on any atom is 0.313 e. The monoisotopic (exact) mass is 282 g/mol. The number of hydrogen-bond donors (Lipinski definition) is 0. The van der Waals surface area contributed by atoms with E-state index in [1.165, 1.54) is 7.11 Å². The van der Waals surface area contributed by atoms with Crippen molar-refractivity contribution in [1.82, 2.24) is 0 Å². The van der Waals surface area contributed by atoms with Crippen molar-refractivity contribution in [2.24, 2.45) is 0 Å². The molecule has 0 bridgehead atoms. The lowest BCUT2D eigenvalue weighted by Gasteiger charge is -2.07. The first-order chi connectivity index (χ1) is 9.43. The number of Topliss-reactive ketones (excluding diaryl/α,β-unsaturated/α-hetero) is 1. The van der Waals surface area contributed by atoms with E-state index in [0.29, 0.717) is 12.8 Å².